The minimum Gasteiger partial charge on any atom is -0.496 e. The molecule has 7 nitrogen and oxygen atoms in total. The van der Waals surface area contributed by atoms with E-state index in [1.807, 2.05) is 24.3 Å². The smallest absolute Gasteiger partial charge is 0.331 e. The van der Waals surface area contributed by atoms with E-state index in [0.717, 1.165) is 5.56 Å². The fraction of sp³-hybridized carbons (Fsp3) is 0.250. The lowest BCUT2D eigenvalue weighted by molar-refractivity contribution is -0.121. The number of methoxy groups -OCH3 is 1. The highest BCUT2D eigenvalue weighted by Gasteiger charge is 2.15. The number of hydrogen-bond acceptors (Lipinski definition) is 4. The minimum atomic E-state index is -0.482. The highest BCUT2D eigenvalue weighted by molar-refractivity contribution is 6.31. The van der Waals surface area contributed by atoms with Crippen molar-refractivity contribution in [3.63, 3.8) is 0 Å². The van der Waals surface area contributed by atoms with Crippen molar-refractivity contribution in [1.29, 1.82) is 0 Å². The zero-order chi connectivity index (χ0) is 26.4. The van der Waals surface area contributed by atoms with Crippen molar-refractivity contribution in [2.75, 3.05) is 7.11 Å². The number of ether oxygens (including phenoxy) is 1. The van der Waals surface area contributed by atoms with E-state index in [9.17, 15) is 18.8 Å². The lowest BCUT2D eigenvalue weighted by Gasteiger charge is -2.15. The first-order chi connectivity index (χ1) is 17.9. The maximum Gasteiger partial charge on any atom is 0.331 e. The van der Waals surface area contributed by atoms with Gasteiger partial charge >= 0.3 is 5.69 Å². The number of carbonyl (C=O) groups is 1. The van der Waals surface area contributed by atoms with Crippen molar-refractivity contribution < 1.29 is 13.9 Å². The second-order valence-corrected chi connectivity index (χ2v) is 9.03. The summed E-state index contributed by atoms with van der Waals surface area (Å²) in [5.74, 6) is 0.111. The fourth-order valence-corrected chi connectivity index (χ4v) is 4.45. The van der Waals surface area contributed by atoms with Crippen LogP contribution >= 0.6 is 11.6 Å². The number of carbonyl (C=O) groups excluding carboxylic acids is 1. The molecule has 0 spiro atoms. The first-order valence-electron chi connectivity index (χ1n) is 11.9. The highest BCUT2D eigenvalue weighted by Crippen LogP contribution is 2.20. The van der Waals surface area contributed by atoms with Gasteiger partial charge in [-0.25, -0.2) is 9.18 Å². The average Bonchev–Trinajstić information content (AvgIpc) is 2.90. The summed E-state index contributed by atoms with van der Waals surface area (Å²) in [5, 5.41) is 3.47. The van der Waals surface area contributed by atoms with E-state index in [0.29, 0.717) is 41.6 Å². The number of nitrogens with zero attached hydrogens (tertiary/aromatic N) is 2. The van der Waals surface area contributed by atoms with E-state index in [1.54, 1.807) is 31.4 Å². The van der Waals surface area contributed by atoms with E-state index in [-0.39, 0.29) is 36.0 Å². The predicted octanol–water partition coefficient (Wildman–Crippen LogP) is 4.50. The van der Waals surface area contributed by atoms with Crippen molar-refractivity contribution in [2.45, 2.75) is 38.9 Å². The SMILES string of the molecule is COc1ccccc1CNC(=O)CCCCn1c(=O)c2ccccc2n(Cc2ccc(F)cc2Cl)c1=O. The van der Waals surface area contributed by atoms with Gasteiger partial charge in [0.15, 0.2) is 0 Å². The van der Waals surface area contributed by atoms with Crippen LogP contribution in [0, 0.1) is 5.82 Å². The van der Waals surface area contributed by atoms with Gasteiger partial charge in [0, 0.05) is 30.1 Å². The van der Waals surface area contributed by atoms with Crippen molar-refractivity contribution in [2.24, 2.45) is 0 Å². The zero-order valence-corrected chi connectivity index (χ0v) is 21.1. The van der Waals surface area contributed by atoms with Crippen LogP contribution in [0.3, 0.4) is 0 Å². The Morgan fingerprint density at radius 2 is 1.73 bits per heavy atom. The Kier molecular flexibility index (Phi) is 8.40. The van der Waals surface area contributed by atoms with Crippen molar-refractivity contribution in [1.82, 2.24) is 14.5 Å². The minimum absolute atomic E-state index is 0.0874. The van der Waals surface area contributed by atoms with Gasteiger partial charge in [0.1, 0.15) is 11.6 Å². The summed E-state index contributed by atoms with van der Waals surface area (Å²) in [4.78, 5) is 38.8. The molecule has 1 N–H and O–H groups in total. The Balaban J connectivity index is 1.46. The van der Waals surface area contributed by atoms with Gasteiger partial charge in [-0.05, 0) is 48.7 Å². The fourth-order valence-electron chi connectivity index (χ4n) is 4.23. The molecule has 1 amide bonds. The van der Waals surface area contributed by atoms with Crippen LogP contribution in [0.5, 0.6) is 5.75 Å². The lowest BCUT2D eigenvalue weighted by atomic mass is 10.2. The van der Waals surface area contributed by atoms with Gasteiger partial charge in [0.2, 0.25) is 5.91 Å². The normalized spacial score (nSPS) is 11.0. The van der Waals surface area contributed by atoms with E-state index < -0.39 is 11.5 Å². The molecule has 1 heterocycles. The number of aromatic nitrogens is 2. The lowest BCUT2D eigenvalue weighted by Crippen LogP contribution is -2.40. The summed E-state index contributed by atoms with van der Waals surface area (Å²) in [7, 11) is 1.58. The molecule has 192 valence electrons. The van der Waals surface area contributed by atoms with E-state index in [4.69, 9.17) is 16.3 Å². The van der Waals surface area contributed by atoms with Gasteiger partial charge < -0.3 is 10.1 Å². The summed E-state index contributed by atoms with van der Waals surface area (Å²) in [6.45, 7) is 0.604. The number of para-hydroxylation sites is 2. The number of nitrogens with one attached hydrogen (secondary N) is 1. The molecule has 0 saturated carbocycles. The van der Waals surface area contributed by atoms with Gasteiger partial charge in [-0.2, -0.15) is 0 Å². The molecular weight excluding hydrogens is 497 g/mol. The molecule has 0 aliphatic carbocycles. The summed E-state index contributed by atoms with van der Waals surface area (Å²) >= 11 is 6.20. The monoisotopic (exact) mass is 523 g/mol. The van der Waals surface area contributed by atoms with Crippen LogP contribution in [0.25, 0.3) is 10.9 Å². The van der Waals surface area contributed by atoms with Crippen LogP contribution in [0.15, 0.2) is 76.3 Å². The van der Waals surface area contributed by atoms with Crippen LogP contribution in [-0.4, -0.2) is 22.2 Å². The third kappa shape index (κ3) is 6.09. The van der Waals surface area contributed by atoms with Crippen molar-refractivity contribution in [3.05, 3.63) is 110 Å². The Labute approximate surface area is 218 Å². The second kappa shape index (κ2) is 11.9. The number of hydrogen-bond donors (Lipinski definition) is 1. The molecule has 0 radical (unpaired) electrons. The molecule has 37 heavy (non-hydrogen) atoms. The molecule has 0 aliphatic heterocycles. The summed E-state index contributed by atoms with van der Waals surface area (Å²) in [6.07, 6.45) is 1.23. The van der Waals surface area contributed by atoms with Crippen LogP contribution in [-0.2, 0) is 24.4 Å². The zero-order valence-electron chi connectivity index (χ0n) is 20.4. The average molecular weight is 524 g/mol. The molecule has 0 bridgehead atoms. The van der Waals surface area contributed by atoms with E-state index in [1.165, 1.54) is 27.3 Å². The topological polar surface area (TPSA) is 82.3 Å². The number of unbranched alkanes of at least 4 members (excludes halogenated alkanes) is 1. The molecule has 0 fully saturated rings. The molecule has 0 unspecified atom stereocenters. The van der Waals surface area contributed by atoms with Crippen LogP contribution in [0.4, 0.5) is 4.39 Å². The van der Waals surface area contributed by atoms with Gasteiger partial charge in [-0.15, -0.1) is 0 Å². The molecule has 4 rings (SSSR count). The first kappa shape index (κ1) is 26.2. The molecule has 9 heteroatoms. The van der Waals surface area contributed by atoms with Gasteiger partial charge in [0.05, 0.1) is 24.6 Å². The second-order valence-electron chi connectivity index (χ2n) is 8.62. The standard InChI is InChI=1S/C28H27ClFN3O4/c1-37-25-11-5-2-8-19(25)17-31-26(34)12-6-7-15-32-27(35)22-9-3-4-10-24(22)33(28(32)36)18-20-13-14-21(30)16-23(20)29/h2-5,8-11,13-14,16H,6-7,12,15,17-18H2,1H3,(H,31,34). The number of rotatable bonds is 10. The third-order valence-electron chi connectivity index (χ3n) is 6.18. The molecule has 4 aromatic rings. The maximum atomic E-state index is 13.5. The summed E-state index contributed by atoms with van der Waals surface area (Å²) in [6, 6.07) is 18.3. The van der Waals surface area contributed by atoms with E-state index >= 15 is 0 Å². The number of halogens is 2. The van der Waals surface area contributed by atoms with Crippen LogP contribution in [0.2, 0.25) is 5.02 Å². The van der Waals surface area contributed by atoms with Gasteiger partial charge in [0.25, 0.3) is 5.56 Å². The Hall–Kier alpha value is -3.91. The first-order valence-corrected chi connectivity index (χ1v) is 12.3. The Morgan fingerprint density at radius 1 is 0.973 bits per heavy atom. The largest absolute Gasteiger partial charge is 0.496 e. The highest BCUT2D eigenvalue weighted by atomic mass is 35.5. The summed E-state index contributed by atoms with van der Waals surface area (Å²) in [5.41, 5.74) is 1.05. The number of benzene rings is 3. The molecule has 0 saturated heterocycles. The predicted molar refractivity (Wildman–Crippen MR) is 142 cm³/mol. The number of amides is 1. The van der Waals surface area contributed by atoms with Crippen LogP contribution < -0.4 is 21.3 Å². The molecule has 0 atom stereocenters. The van der Waals surface area contributed by atoms with Crippen molar-refractivity contribution >= 4 is 28.4 Å². The Morgan fingerprint density at radius 3 is 2.51 bits per heavy atom. The summed E-state index contributed by atoms with van der Waals surface area (Å²) < 4.78 is 21.5. The van der Waals surface area contributed by atoms with Crippen LogP contribution in [0.1, 0.15) is 30.4 Å². The molecule has 3 aromatic carbocycles. The molecular formula is C28H27ClFN3O4. The quantitative estimate of drug-likeness (QED) is 0.310. The van der Waals surface area contributed by atoms with Crippen molar-refractivity contribution in [3.8, 4) is 5.75 Å². The number of fused-ring (bicyclic) bond motifs is 1. The van der Waals surface area contributed by atoms with E-state index in [2.05, 4.69) is 5.32 Å². The molecule has 0 aliphatic rings. The third-order valence-corrected chi connectivity index (χ3v) is 6.53. The molecule has 1 aromatic heterocycles. The maximum absolute atomic E-state index is 13.5. The van der Waals surface area contributed by atoms with Gasteiger partial charge in [-0.3, -0.25) is 18.7 Å². The Bertz CT molecular complexity index is 1550. The van der Waals surface area contributed by atoms with Gasteiger partial charge in [-0.1, -0.05) is 48.0 Å².